The first-order chi connectivity index (χ1) is 33.7. The molecule has 0 spiro atoms. The molecule has 5 aliphatic heterocycles. The van der Waals surface area contributed by atoms with Crippen molar-refractivity contribution < 1.29 is 63.7 Å². The molecule has 0 radical (unpaired) electrons. The third-order valence-corrected chi connectivity index (χ3v) is 12.9. The summed E-state index contributed by atoms with van der Waals surface area (Å²) in [5.74, 6) is 2.28. The van der Waals surface area contributed by atoms with E-state index in [2.05, 4.69) is 24.1 Å². The Morgan fingerprint density at radius 2 is 1.26 bits per heavy atom. The minimum atomic E-state index is -5.80. The van der Waals surface area contributed by atoms with E-state index in [1.807, 2.05) is 18.2 Å². The van der Waals surface area contributed by atoms with Crippen molar-refractivity contribution in [1.82, 2.24) is 29.1 Å². The zero-order valence-electron chi connectivity index (χ0n) is 36.8. The predicted molar refractivity (Wildman–Crippen MR) is 238 cm³/mol. The van der Waals surface area contributed by atoms with Crippen LogP contribution in [0.1, 0.15) is 34.3 Å². The van der Waals surface area contributed by atoms with Gasteiger partial charge in [-0.1, -0.05) is 12.1 Å². The highest BCUT2D eigenvalue weighted by atomic mass is 32.2. The maximum atomic E-state index is 12.7. The van der Waals surface area contributed by atoms with Crippen molar-refractivity contribution in [2.75, 3.05) is 39.6 Å². The van der Waals surface area contributed by atoms with Crippen LogP contribution in [0, 0.1) is 5.92 Å². The van der Waals surface area contributed by atoms with E-state index < -0.39 is 33.2 Å². The molecule has 1 fully saturated rings. The van der Waals surface area contributed by atoms with Crippen LogP contribution in [0.25, 0.3) is 22.5 Å². The highest BCUT2D eigenvalue weighted by Gasteiger charge is 2.48. The van der Waals surface area contributed by atoms with E-state index in [0.29, 0.717) is 72.0 Å². The maximum Gasteiger partial charge on any atom is 0.534 e. The second-order valence-corrected chi connectivity index (χ2v) is 18.2. The second kappa shape index (κ2) is 19.1. The van der Waals surface area contributed by atoms with E-state index in [0.717, 1.165) is 48.1 Å². The molecule has 364 valence electrons. The van der Waals surface area contributed by atoms with Gasteiger partial charge in [0.05, 0.1) is 24.6 Å². The van der Waals surface area contributed by atoms with Crippen molar-refractivity contribution in [2.45, 2.75) is 56.5 Å². The Labute approximate surface area is 395 Å². The summed E-state index contributed by atoms with van der Waals surface area (Å²) >= 11 is 0. The van der Waals surface area contributed by atoms with Gasteiger partial charge in [0.25, 0.3) is 11.8 Å². The molecular formula is C47H41F3N6O13S. The molecule has 1 saturated heterocycles. The molecule has 6 aromatic rings. The normalized spacial score (nSPS) is 17.5. The van der Waals surface area contributed by atoms with Gasteiger partial charge in [0.2, 0.25) is 11.8 Å². The molecule has 0 aliphatic carbocycles. The molecule has 70 heavy (non-hydrogen) atoms. The summed E-state index contributed by atoms with van der Waals surface area (Å²) in [6, 6.07) is 19.7. The summed E-state index contributed by atoms with van der Waals surface area (Å²) in [5, 5.41) is 0. The van der Waals surface area contributed by atoms with E-state index in [-0.39, 0.29) is 62.1 Å². The number of aryl methyl sites for hydroxylation is 2. The summed E-state index contributed by atoms with van der Waals surface area (Å²) in [5.41, 5.74) is -1.63. The number of pyridine rings is 2. The zero-order valence-corrected chi connectivity index (χ0v) is 37.6. The fourth-order valence-corrected chi connectivity index (χ4v) is 8.76. The van der Waals surface area contributed by atoms with Gasteiger partial charge in [-0.05, 0) is 78.9 Å². The van der Waals surface area contributed by atoms with Crippen LogP contribution in [0.3, 0.4) is 0 Å². The molecule has 4 aromatic heterocycles. The van der Waals surface area contributed by atoms with Crippen LogP contribution in [-0.2, 0) is 40.8 Å². The topological polar surface area (TPSA) is 221 Å². The molecule has 2 aromatic carbocycles. The molecule has 19 nitrogen and oxygen atoms in total. The Balaban J connectivity index is 0.000000162. The number of hydrogen-bond donors (Lipinski definition) is 0. The number of ketones is 1. The number of halogens is 3. The third-order valence-electron chi connectivity index (χ3n) is 11.9. The lowest BCUT2D eigenvalue weighted by atomic mass is 9.92. The first-order valence-electron chi connectivity index (χ1n) is 22.1. The quantitative estimate of drug-likeness (QED) is 0.0895. The molecule has 0 N–H and O–H groups in total. The number of ether oxygens (including phenoxy) is 7. The van der Waals surface area contributed by atoms with Crippen LogP contribution in [-0.4, -0.2) is 101 Å². The van der Waals surface area contributed by atoms with Crippen molar-refractivity contribution in [3.05, 3.63) is 123 Å². The van der Waals surface area contributed by atoms with Crippen molar-refractivity contribution in [3.8, 4) is 63.3 Å². The van der Waals surface area contributed by atoms with Gasteiger partial charge >= 0.3 is 27.0 Å². The minimum Gasteiger partial charge on any atom is -0.478 e. The lowest BCUT2D eigenvalue weighted by Crippen LogP contribution is -2.35. The van der Waals surface area contributed by atoms with Crippen LogP contribution in [0.5, 0.6) is 40.8 Å². The van der Waals surface area contributed by atoms with E-state index in [1.54, 1.807) is 47.3 Å². The van der Waals surface area contributed by atoms with Gasteiger partial charge in [0, 0.05) is 66.6 Å². The van der Waals surface area contributed by atoms with Crippen LogP contribution < -0.4 is 44.0 Å². The fourth-order valence-electron chi connectivity index (χ4n) is 8.31. The molecule has 0 saturated carbocycles. The molecule has 5 aliphatic rings. The number of benzene rings is 2. The van der Waals surface area contributed by atoms with Gasteiger partial charge in [-0.15, -0.1) is 0 Å². The monoisotopic (exact) mass is 986 g/mol. The van der Waals surface area contributed by atoms with Gasteiger partial charge < -0.3 is 37.3 Å². The molecule has 23 heteroatoms. The van der Waals surface area contributed by atoms with E-state index in [4.69, 9.17) is 33.2 Å². The Bertz CT molecular complexity index is 3220. The molecule has 11 rings (SSSR count). The highest BCUT2D eigenvalue weighted by Crippen LogP contribution is 2.36. The van der Waals surface area contributed by atoms with Crippen LogP contribution >= 0.6 is 0 Å². The van der Waals surface area contributed by atoms with Crippen molar-refractivity contribution in [1.29, 1.82) is 0 Å². The molecular weight excluding hydrogens is 946 g/mol. The SMILES string of the molecule is O=C(CCC1COC1)c1ccc2c(c1)CCn1c-2cc(OCC2COc3ncccc3O2)nc1=O.O=c1nc(OCC2COc3ncccc3O2)cc2n1CCc1cc(OS(=O)(=O)C(F)(F)F)ccc1-2. The second-order valence-electron chi connectivity index (χ2n) is 16.7. The van der Waals surface area contributed by atoms with Crippen molar-refractivity contribution >= 4 is 15.9 Å². The van der Waals surface area contributed by atoms with Crippen LogP contribution in [0.4, 0.5) is 13.2 Å². The first-order valence-corrected chi connectivity index (χ1v) is 23.5. The standard InChI is InChI=1S/C26H25N3O6.C21H16F3N3O7S/c30-22(6-3-16-12-32-13-16)18-4-5-20-17(10-18)7-9-29-21(20)11-24(28-26(29)31)33-14-19-15-34-25-23(35-19)2-1-8-27-25;22-21(23,24)35(29,30)34-13-3-4-15-12(8-13)5-7-27-16(15)9-18(26-20(27)28)31-10-14-11-32-19-17(33-14)2-1-6-25-19/h1-2,4-5,8,10-11,16,19H,3,6-7,9,12-15H2;1-4,6,8-9,14H,5,7,10-11H2. The number of carbonyl (C=O) groups excluding carboxylic acids is 1. The molecule has 9 heterocycles. The summed E-state index contributed by atoms with van der Waals surface area (Å²) < 4.78 is 107. The van der Waals surface area contributed by atoms with Gasteiger partial charge in [-0.3, -0.25) is 13.9 Å². The average Bonchev–Trinajstić information content (AvgIpc) is 3.33. The Morgan fingerprint density at radius 1 is 0.714 bits per heavy atom. The molecule has 2 unspecified atom stereocenters. The molecule has 0 bridgehead atoms. The summed E-state index contributed by atoms with van der Waals surface area (Å²) in [7, 11) is -5.80. The van der Waals surface area contributed by atoms with E-state index in [9.17, 15) is 36.0 Å². The minimum absolute atomic E-state index is 0.0228. The number of rotatable bonds is 12. The van der Waals surface area contributed by atoms with Crippen molar-refractivity contribution in [3.63, 3.8) is 0 Å². The van der Waals surface area contributed by atoms with Crippen LogP contribution in [0.15, 0.2) is 94.8 Å². The van der Waals surface area contributed by atoms with Gasteiger partial charge in [0.15, 0.2) is 29.5 Å². The highest BCUT2D eigenvalue weighted by molar-refractivity contribution is 7.88. The third kappa shape index (κ3) is 9.83. The summed E-state index contributed by atoms with van der Waals surface area (Å²) in [6.07, 6.45) is 4.71. The van der Waals surface area contributed by atoms with E-state index in [1.165, 1.54) is 22.8 Å². The zero-order chi connectivity index (χ0) is 48.6. The Morgan fingerprint density at radius 3 is 1.79 bits per heavy atom. The number of fused-ring (bicyclic) bond motifs is 8. The average molecular weight is 987 g/mol. The van der Waals surface area contributed by atoms with Gasteiger partial charge in [0.1, 0.15) is 32.2 Å². The smallest absolute Gasteiger partial charge is 0.478 e. The summed E-state index contributed by atoms with van der Waals surface area (Å²) in [6.45, 7) is 2.89. The van der Waals surface area contributed by atoms with Gasteiger partial charge in [-0.25, -0.2) is 19.6 Å². The first kappa shape index (κ1) is 46.2. The lowest BCUT2D eigenvalue weighted by molar-refractivity contribution is -0.0500. The van der Waals surface area contributed by atoms with Crippen molar-refractivity contribution in [2.24, 2.45) is 5.92 Å². The molecule has 2 atom stereocenters. The number of aromatic nitrogens is 6. The number of Topliss-reactive ketones (excluding diaryl/α,β-unsaturated/α-hetero) is 1. The van der Waals surface area contributed by atoms with E-state index >= 15 is 0 Å². The largest absolute Gasteiger partial charge is 0.534 e. The molecule has 0 amide bonds. The number of nitrogens with zero attached hydrogens (tertiary/aromatic N) is 6. The number of hydrogen-bond acceptors (Lipinski definition) is 17. The predicted octanol–water partition coefficient (Wildman–Crippen LogP) is 5.00. The Kier molecular flexibility index (Phi) is 12.6. The van der Waals surface area contributed by atoms with Gasteiger partial charge in [-0.2, -0.15) is 31.6 Å². The maximum absolute atomic E-state index is 12.7. The Hall–Kier alpha value is -7.53. The fraction of sp³-hybridized carbons (Fsp3) is 0.340. The lowest BCUT2D eigenvalue weighted by Gasteiger charge is -2.26. The van der Waals surface area contributed by atoms with Crippen LogP contribution in [0.2, 0.25) is 0 Å². The number of carbonyl (C=O) groups is 1. The summed E-state index contributed by atoms with van der Waals surface area (Å²) in [4.78, 5) is 54.2. The number of alkyl halides is 3.